The maximum Gasteiger partial charge on any atom is 0.416 e. The minimum absolute atomic E-state index is 0.164. The lowest BCUT2D eigenvalue weighted by atomic mass is 10.1. The molecule has 1 rings (SSSR count). The molecular formula is C12H15F4NS. The van der Waals surface area contributed by atoms with E-state index in [0.717, 1.165) is 17.9 Å². The lowest BCUT2D eigenvalue weighted by molar-refractivity contribution is -0.137. The van der Waals surface area contributed by atoms with E-state index in [4.69, 9.17) is 0 Å². The van der Waals surface area contributed by atoms with Crippen LogP contribution >= 0.6 is 11.8 Å². The molecular weight excluding hydrogens is 266 g/mol. The molecule has 1 nitrogen and oxygen atoms in total. The monoisotopic (exact) mass is 281 g/mol. The zero-order valence-electron chi connectivity index (χ0n) is 10.1. The third-order valence-electron chi connectivity index (χ3n) is 2.36. The van der Waals surface area contributed by atoms with Crippen LogP contribution in [0.2, 0.25) is 0 Å². The third kappa shape index (κ3) is 4.86. The van der Waals surface area contributed by atoms with Crippen LogP contribution in [0.3, 0.4) is 0 Å². The number of hydrogen-bond donors (Lipinski definition) is 1. The summed E-state index contributed by atoms with van der Waals surface area (Å²) >= 11 is 1.64. The Labute approximate surface area is 108 Å². The zero-order valence-corrected chi connectivity index (χ0v) is 11.0. The molecule has 0 saturated carbocycles. The molecule has 0 radical (unpaired) electrons. The number of thioether (sulfide) groups is 1. The quantitative estimate of drug-likeness (QED) is 0.826. The van der Waals surface area contributed by atoms with Crippen molar-refractivity contribution in [2.45, 2.75) is 25.7 Å². The molecule has 0 aliphatic heterocycles. The average Bonchev–Trinajstić information content (AvgIpc) is 2.25. The van der Waals surface area contributed by atoms with Crippen LogP contribution in [-0.4, -0.2) is 18.1 Å². The smallest absolute Gasteiger partial charge is 0.309 e. The summed E-state index contributed by atoms with van der Waals surface area (Å²) in [4.78, 5) is 0. The summed E-state index contributed by atoms with van der Waals surface area (Å²) in [5, 5.41) is 3.05. The van der Waals surface area contributed by atoms with Gasteiger partial charge in [0.05, 0.1) is 5.56 Å². The third-order valence-corrected chi connectivity index (χ3v) is 3.19. The van der Waals surface area contributed by atoms with Gasteiger partial charge in [-0.2, -0.15) is 24.9 Å². The predicted octanol–water partition coefficient (Wildman–Crippen LogP) is 3.69. The van der Waals surface area contributed by atoms with Crippen molar-refractivity contribution in [1.29, 1.82) is 0 Å². The number of benzene rings is 1. The number of rotatable bonds is 5. The van der Waals surface area contributed by atoms with E-state index in [2.05, 4.69) is 5.32 Å². The summed E-state index contributed by atoms with van der Waals surface area (Å²) < 4.78 is 50.5. The summed E-state index contributed by atoms with van der Waals surface area (Å²) in [5.41, 5.74) is -0.646. The topological polar surface area (TPSA) is 12.0 Å². The van der Waals surface area contributed by atoms with Crippen LogP contribution in [0.15, 0.2) is 18.2 Å². The second kappa shape index (κ2) is 6.43. The standard InChI is InChI=1S/C12H15F4NS/c1-8(7-18-2)17-6-9-3-10(12(14,15)16)5-11(13)4-9/h3-5,8,17H,6-7H2,1-2H3. The molecule has 1 aromatic carbocycles. The average molecular weight is 281 g/mol. The highest BCUT2D eigenvalue weighted by molar-refractivity contribution is 7.98. The van der Waals surface area contributed by atoms with Crippen LogP contribution < -0.4 is 5.32 Å². The predicted molar refractivity (Wildman–Crippen MR) is 66.1 cm³/mol. The Bertz CT molecular complexity index is 392. The number of nitrogens with one attached hydrogen (secondary N) is 1. The van der Waals surface area contributed by atoms with Crippen molar-refractivity contribution in [3.05, 3.63) is 35.1 Å². The Balaban J connectivity index is 2.75. The molecule has 0 saturated heterocycles. The van der Waals surface area contributed by atoms with Crippen molar-refractivity contribution < 1.29 is 17.6 Å². The van der Waals surface area contributed by atoms with E-state index in [9.17, 15) is 17.6 Å². The van der Waals surface area contributed by atoms with Gasteiger partial charge >= 0.3 is 6.18 Å². The molecule has 0 bridgehead atoms. The van der Waals surface area contributed by atoms with Crippen LogP contribution in [0.1, 0.15) is 18.1 Å². The molecule has 6 heteroatoms. The summed E-state index contributed by atoms with van der Waals surface area (Å²) in [7, 11) is 0. The molecule has 0 aliphatic rings. The van der Waals surface area contributed by atoms with Crippen LogP contribution in [0.25, 0.3) is 0 Å². The van der Waals surface area contributed by atoms with Gasteiger partial charge in [-0.15, -0.1) is 0 Å². The SMILES string of the molecule is CSCC(C)NCc1cc(F)cc(C(F)(F)F)c1. The van der Waals surface area contributed by atoms with Crippen LogP contribution in [0.5, 0.6) is 0 Å². The van der Waals surface area contributed by atoms with Crippen molar-refractivity contribution in [3.63, 3.8) is 0 Å². The minimum Gasteiger partial charge on any atom is -0.309 e. The van der Waals surface area contributed by atoms with E-state index in [1.807, 2.05) is 13.2 Å². The Morgan fingerprint density at radius 2 is 1.94 bits per heavy atom. The van der Waals surface area contributed by atoms with Gasteiger partial charge in [-0.25, -0.2) is 4.39 Å². The highest BCUT2D eigenvalue weighted by atomic mass is 32.2. The number of hydrogen-bond acceptors (Lipinski definition) is 2. The summed E-state index contributed by atoms with van der Waals surface area (Å²) in [6, 6.07) is 2.77. The summed E-state index contributed by atoms with van der Waals surface area (Å²) in [6.07, 6.45) is -2.57. The fourth-order valence-electron chi connectivity index (χ4n) is 1.52. The van der Waals surface area contributed by atoms with Gasteiger partial charge in [-0.1, -0.05) is 0 Å². The molecule has 0 heterocycles. The molecule has 1 atom stereocenters. The van der Waals surface area contributed by atoms with E-state index in [1.165, 1.54) is 0 Å². The van der Waals surface area contributed by atoms with Crippen molar-refractivity contribution >= 4 is 11.8 Å². The highest BCUT2D eigenvalue weighted by Gasteiger charge is 2.31. The molecule has 0 aromatic heterocycles. The first-order chi connectivity index (χ1) is 8.32. The molecule has 18 heavy (non-hydrogen) atoms. The summed E-state index contributed by atoms with van der Waals surface area (Å²) in [6.45, 7) is 2.16. The molecule has 102 valence electrons. The maximum absolute atomic E-state index is 13.1. The molecule has 0 spiro atoms. The fraction of sp³-hybridized carbons (Fsp3) is 0.500. The number of halogens is 4. The highest BCUT2D eigenvalue weighted by Crippen LogP contribution is 2.30. The molecule has 1 aromatic rings. The first-order valence-corrected chi connectivity index (χ1v) is 6.81. The van der Waals surface area contributed by atoms with Gasteiger partial charge < -0.3 is 5.32 Å². The lowest BCUT2D eigenvalue weighted by Crippen LogP contribution is -2.27. The lowest BCUT2D eigenvalue weighted by Gasteiger charge is -2.14. The van der Waals surface area contributed by atoms with Gasteiger partial charge in [0.25, 0.3) is 0 Å². The summed E-state index contributed by atoms with van der Waals surface area (Å²) in [5.74, 6) is -0.0132. The first kappa shape index (κ1) is 15.3. The van der Waals surface area contributed by atoms with Crippen LogP contribution in [0.4, 0.5) is 17.6 Å². The Morgan fingerprint density at radius 3 is 2.50 bits per heavy atom. The van der Waals surface area contributed by atoms with Gasteiger partial charge in [0.2, 0.25) is 0 Å². The normalized spacial score (nSPS) is 13.7. The fourth-order valence-corrected chi connectivity index (χ4v) is 2.13. The second-order valence-corrected chi connectivity index (χ2v) is 4.99. The maximum atomic E-state index is 13.1. The molecule has 1 unspecified atom stereocenters. The van der Waals surface area contributed by atoms with Crippen LogP contribution in [-0.2, 0) is 12.7 Å². The van der Waals surface area contributed by atoms with Gasteiger partial charge in [0.1, 0.15) is 5.82 Å². The first-order valence-electron chi connectivity index (χ1n) is 5.42. The second-order valence-electron chi connectivity index (χ2n) is 4.08. The van der Waals surface area contributed by atoms with E-state index >= 15 is 0 Å². The molecule has 0 fully saturated rings. The molecule has 1 N–H and O–H groups in total. The number of alkyl halides is 3. The Hall–Kier alpha value is -0.750. The molecule has 0 amide bonds. The van der Waals surface area contributed by atoms with Gasteiger partial charge in [-0.05, 0) is 36.9 Å². The van der Waals surface area contributed by atoms with Gasteiger partial charge in [0.15, 0.2) is 0 Å². The van der Waals surface area contributed by atoms with Crippen LogP contribution in [0, 0.1) is 5.82 Å². The van der Waals surface area contributed by atoms with E-state index in [-0.39, 0.29) is 12.6 Å². The zero-order chi connectivity index (χ0) is 13.8. The van der Waals surface area contributed by atoms with Crippen molar-refractivity contribution in [1.82, 2.24) is 5.32 Å². The van der Waals surface area contributed by atoms with E-state index in [1.54, 1.807) is 11.8 Å². The largest absolute Gasteiger partial charge is 0.416 e. The van der Waals surface area contributed by atoms with Crippen molar-refractivity contribution in [3.8, 4) is 0 Å². The molecule has 0 aliphatic carbocycles. The van der Waals surface area contributed by atoms with Gasteiger partial charge in [0, 0.05) is 18.3 Å². The van der Waals surface area contributed by atoms with Crippen molar-refractivity contribution in [2.24, 2.45) is 0 Å². The van der Waals surface area contributed by atoms with Crippen molar-refractivity contribution in [2.75, 3.05) is 12.0 Å². The van der Waals surface area contributed by atoms with Gasteiger partial charge in [-0.3, -0.25) is 0 Å². The Morgan fingerprint density at radius 1 is 1.28 bits per heavy atom. The minimum atomic E-state index is -4.51. The Kier molecular flexibility index (Phi) is 5.47. The van der Waals surface area contributed by atoms with E-state index in [0.29, 0.717) is 11.6 Å². The van der Waals surface area contributed by atoms with E-state index < -0.39 is 17.6 Å².